The molecule has 2 saturated heterocycles. The van der Waals surface area contributed by atoms with E-state index < -0.39 is 10.0 Å². The summed E-state index contributed by atoms with van der Waals surface area (Å²) < 4.78 is 30.4. The molecule has 140 valence electrons. The molecule has 0 aliphatic carbocycles. The van der Waals surface area contributed by atoms with Crippen molar-refractivity contribution < 1.29 is 18.3 Å². The second kappa shape index (κ2) is 7.40. The number of rotatable bonds is 7. The molecule has 0 bridgehead atoms. The minimum atomic E-state index is -3.26. The predicted molar refractivity (Wildman–Crippen MR) is 94.4 cm³/mol. The monoisotopic (exact) mass is 371 g/mol. The standard InChI is InChI=1S/C15H25N5O4S/c1-19(2)25(22,23)6-4-16-14-7-13(11-3-5-24-10-11)17-15(18-14)20-8-12(21)9-20/h7,11-12,21H,3-6,8-10H2,1-2H3,(H,16,17,18)/t11-/m0/s1. The normalized spacial score (nSPS) is 21.6. The third kappa shape index (κ3) is 4.38. The fourth-order valence-corrected chi connectivity index (χ4v) is 3.50. The first kappa shape index (κ1) is 18.3. The van der Waals surface area contributed by atoms with Gasteiger partial charge in [-0.1, -0.05) is 0 Å². The SMILES string of the molecule is CN(C)S(=O)(=O)CCNc1cc([C@H]2CCOC2)nc(N2CC(O)C2)n1. The summed E-state index contributed by atoms with van der Waals surface area (Å²) in [5, 5.41) is 12.6. The number of hydrogen-bond acceptors (Lipinski definition) is 8. The number of aliphatic hydroxyl groups is 1. The van der Waals surface area contributed by atoms with Gasteiger partial charge in [-0.2, -0.15) is 4.98 Å². The number of β-amino-alcohol motifs (C(OH)–C–C–N with tert-alkyl or cyclic N) is 1. The van der Waals surface area contributed by atoms with Crippen LogP contribution in [0.2, 0.25) is 0 Å². The zero-order chi connectivity index (χ0) is 18.0. The molecule has 3 heterocycles. The van der Waals surface area contributed by atoms with E-state index in [1.807, 2.05) is 11.0 Å². The highest BCUT2D eigenvalue weighted by Gasteiger charge is 2.29. The lowest BCUT2D eigenvalue weighted by Gasteiger charge is -2.36. The number of hydrogen-bond donors (Lipinski definition) is 2. The molecule has 0 radical (unpaired) electrons. The maximum absolute atomic E-state index is 11.9. The number of sulfonamides is 1. The topological polar surface area (TPSA) is 108 Å². The van der Waals surface area contributed by atoms with E-state index in [9.17, 15) is 13.5 Å². The highest BCUT2D eigenvalue weighted by molar-refractivity contribution is 7.89. The Hall–Kier alpha value is -1.49. The van der Waals surface area contributed by atoms with E-state index in [0.29, 0.717) is 31.5 Å². The number of nitrogens with zero attached hydrogens (tertiary/aromatic N) is 4. The van der Waals surface area contributed by atoms with Crippen LogP contribution in [0.4, 0.5) is 11.8 Å². The van der Waals surface area contributed by atoms with Crippen molar-refractivity contribution in [2.45, 2.75) is 18.4 Å². The second-order valence-electron chi connectivity index (χ2n) is 6.62. The number of ether oxygens (including phenoxy) is 1. The van der Waals surface area contributed by atoms with Gasteiger partial charge in [-0.25, -0.2) is 17.7 Å². The van der Waals surface area contributed by atoms with Crippen LogP contribution in [0.1, 0.15) is 18.0 Å². The van der Waals surface area contributed by atoms with Gasteiger partial charge in [0.05, 0.1) is 24.2 Å². The van der Waals surface area contributed by atoms with E-state index in [-0.39, 0.29) is 24.3 Å². The molecule has 0 amide bonds. The Morgan fingerprint density at radius 1 is 1.40 bits per heavy atom. The molecule has 0 saturated carbocycles. The number of aromatic nitrogens is 2. The van der Waals surface area contributed by atoms with Crippen LogP contribution < -0.4 is 10.2 Å². The summed E-state index contributed by atoms with van der Waals surface area (Å²) in [4.78, 5) is 11.0. The molecule has 1 atom stereocenters. The molecule has 0 unspecified atom stereocenters. The lowest BCUT2D eigenvalue weighted by atomic mass is 10.0. The molecule has 2 aliphatic rings. The maximum atomic E-state index is 11.9. The lowest BCUT2D eigenvalue weighted by Crippen LogP contribution is -2.51. The molecule has 9 nitrogen and oxygen atoms in total. The van der Waals surface area contributed by atoms with Crippen LogP contribution in [0.5, 0.6) is 0 Å². The molecule has 0 aromatic carbocycles. The van der Waals surface area contributed by atoms with Crippen LogP contribution >= 0.6 is 0 Å². The summed E-state index contributed by atoms with van der Waals surface area (Å²) in [5.74, 6) is 1.37. The van der Waals surface area contributed by atoms with Crippen molar-refractivity contribution in [2.24, 2.45) is 0 Å². The molecule has 2 aliphatic heterocycles. The zero-order valence-electron chi connectivity index (χ0n) is 14.6. The van der Waals surface area contributed by atoms with E-state index in [4.69, 9.17) is 4.74 Å². The van der Waals surface area contributed by atoms with Gasteiger partial charge in [0.2, 0.25) is 16.0 Å². The molecule has 3 rings (SSSR count). The van der Waals surface area contributed by atoms with E-state index in [0.717, 1.165) is 18.7 Å². The van der Waals surface area contributed by atoms with Gasteiger partial charge in [0.25, 0.3) is 0 Å². The second-order valence-corrected chi connectivity index (χ2v) is 8.92. The Kier molecular flexibility index (Phi) is 5.42. The molecule has 2 N–H and O–H groups in total. The van der Waals surface area contributed by atoms with Crippen LogP contribution in [-0.4, -0.2) is 86.6 Å². The van der Waals surface area contributed by atoms with Crippen molar-refractivity contribution in [1.29, 1.82) is 0 Å². The molecular formula is C15H25N5O4S. The average molecular weight is 371 g/mol. The van der Waals surface area contributed by atoms with Crippen molar-refractivity contribution in [1.82, 2.24) is 14.3 Å². The van der Waals surface area contributed by atoms with Gasteiger partial charge >= 0.3 is 0 Å². The Balaban J connectivity index is 1.73. The summed E-state index contributed by atoms with van der Waals surface area (Å²) in [6.45, 7) is 2.64. The molecule has 1 aromatic heterocycles. The fraction of sp³-hybridized carbons (Fsp3) is 0.733. The first-order chi connectivity index (χ1) is 11.8. The summed E-state index contributed by atoms with van der Waals surface area (Å²) in [6, 6.07) is 1.86. The van der Waals surface area contributed by atoms with Gasteiger partial charge in [-0.3, -0.25) is 0 Å². The Morgan fingerprint density at radius 3 is 2.76 bits per heavy atom. The highest BCUT2D eigenvalue weighted by atomic mass is 32.2. The Bertz CT molecular complexity index is 700. The predicted octanol–water partition coefficient (Wildman–Crippen LogP) is -0.535. The van der Waals surface area contributed by atoms with E-state index in [2.05, 4.69) is 15.3 Å². The van der Waals surface area contributed by atoms with Crippen LogP contribution in [-0.2, 0) is 14.8 Å². The van der Waals surface area contributed by atoms with Crippen molar-refractivity contribution in [3.63, 3.8) is 0 Å². The number of aliphatic hydroxyl groups excluding tert-OH is 1. The van der Waals surface area contributed by atoms with Gasteiger partial charge in [-0.15, -0.1) is 0 Å². The molecule has 1 aromatic rings. The summed E-state index contributed by atoms with van der Waals surface area (Å²) in [7, 11) is -0.219. The number of anilines is 2. The summed E-state index contributed by atoms with van der Waals surface area (Å²) in [6.07, 6.45) is 0.566. The van der Waals surface area contributed by atoms with Crippen molar-refractivity contribution in [2.75, 3.05) is 62.9 Å². The van der Waals surface area contributed by atoms with Crippen molar-refractivity contribution >= 4 is 21.8 Å². The average Bonchev–Trinajstić information content (AvgIpc) is 3.05. The van der Waals surface area contributed by atoms with Crippen LogP contribution in [0.3, 0.4) is 0 Å². The van der Waals surface area contributed by atoms with Gasteiger partial charge in [-0.05, 0) is 6.42 Å². The quantitative estimate of drug-likeness (QED) is 0.658. The summed E-state index contributed by atoms with van der Waals surface area (Å²) in [5.41, 5.74) is 0.891. The van der Waals surface area contributed by atoms with Crippen molar-refractivity contribution in [3.05, 3.63) is 11.8 Å². The minimum Gasteiger partial charge on any atom is -0.389 e. The first-order valence-electron chi connectivity index (χ1n) is 8.39. The first-order valence-corrected chi connectivity index (χ1v) is 10.00. The van der Waals surface area contributed by atoms with Crippen LogP contribution in [0.25, 0.3) is 0 Å². The van der Waals surface area contributed by atoms with E-state index >= 15 is 0 Å². The van der Waals surface area contributed by atoms with Crippen LogP contribution in [0, 0.1) is 0 Å². The van der Waals surface area contributed by atoms with Gasteiger partial charge in [0.15, 0.2) is 0 Å². The van der Waals surface area contributed by atoms with Gasteiger partial charge < -0.3 is 20.1 Å². The number of nitrogens with one attached hydrogen (secondary N) is 1. The lowest BCUT2D eigenvalue weighted by molar-refractivity contribution is 0.140. The van der Waals surface area contributed by atoms with E-state index in [1.165, 1.54) is 18.4 Å². The minimum absolute atomic E-state index is 0.0103. The maximum Gasteiger partial charge on any atom is 0.227 e. The van der Waals surface area contributed by atoms with Crippen LogP contribution in [0.15, 0.2) is 6.07 Å². The van der Waals surface area contributed by atoms with Gasteiger partial charge in [0, 0.05) is 52.3 Å². The molecule has 10 heteroatoms. The molecular weight excluding hydrogens is 346 g/mol. The van der Waals surface area contributed by atoms with E-state index in [1.54, 1.807) is 0 Å². The smallest absolute Gasteiger partial charge is 0.227 e. The third-order valence-electron chi connectivity index (χ3n) is 4.45. The molecule has 2 fully saturated rings. The summed E-state index contributed by atoms with van der Waals surface area (Å²) >= 11 is 0. The highest BCUT2D eigenvalue weighted by Crippen LogP contribution is 2.28. The fourth-order valence-electron chi connectivity index (χ4n) is 2.77. The van der Waals surface area contributed by atoms with Gasteiger partial charge in [0.1, 0.15) is 5.82 Å². The Morgan fingerprint density at radius 2 is 2.16 bits per heavy atom. The third-order valence-corrected chi connectivity index (χ3v) is 6.28. The van der Waals surface area contributed by atoms with Crippen molar-refractivity contribution in [3.8, 4) is 0 Å². The zero-order valence-corrected chi connectivity index (χ0v) is 15.4. The molecule has 0 spiro atoms. The molecule has 25 heavy (non-hydrogen) atoms. The Labute approximate surface area is 148 Å². The largest absolute Gasteiger partial charge is 0.389 e.